The Kier molecular flexibility index (Phi) is 18.6. The normalized spacial score (nSPS) is 20.4. The Hall–Kier alpha value is -4.49. The second-order valence-electron chi connectivity index (χ2n) is 17.1. The summed E-state index contributed by atoms with van der Waals surface area (Å²) >= 11 is 2.02. The van der Waals surface area contributed by atoms with Crippen LogP contribution in [-0.4, -0.2) is 91.2 Å². The Bertz CT molecular complexity index is 2200. The van der Waals surface area contributed by atoms with Gasteiger partial charge < -0.3 is 10.1 Å². The van der Waals surface area contributed by atoms with Crippen LogP contribution in [0.5, 0.6) is 11.6 Å². The van der Waals surface area contributed by atoms with E-state index in [0.29, 0.717) is 29.0 Å². The minimum Gasteiger partial charge on any atom is -0.438 e. The van der Waals surface area contributed by atoms with E-state index in [9.17, 15) is 14.0 Å². The van der Waals surface area contributed by atoms with Crippen LogP contribution in [0.3, 0.4) is 0 Å². The molecule has 8 rings (SSSR count). The van der Waals surface area contributed by atoms with Gasteiger partial charge in [0.25, 0.3) is 0 Å². The maximum absolute atomic E-state index is 13.7. The number of hydrogen-bond acceptors (Lipinski definition) is 10. The van der Waals surface area contributed by atoms with Gasteiger partial charge in [-0.15, -0.1) is 0 Å². The number of fused-ring (bicyclic) bond motifs is 1. The summed E-state index contributed by atoms with van der Waals surface area (Å²) in [5.41, 5.74) is 8.01. The highest BCUT2D eigenvalue weighted by Crippen LogP contribution is 2.33. The van der Waals surface area contributed by atoms with Crippen LogP contribution < -0.4 is 10.1 Å². The summed E-state index contributed by atoms with van der Waals surface area (Å²) in [6.07, 6.45) is 9.26. The zero-order valence-corrected chi connectivity index (χ0v) is 39.2. The van der Waals surface area contributed by atoms with Gasteiger partial charge in [-0.1, -0.05) is 83.7 Å². The zero-order chi connectivity index (χ0) is 44.8. The minimum absolute atomic E-state index is 0.113. The van der Waals surface area contributed by atoms with Crippen molar-refractivity contribution in [1.29, 1.82) is 0 Å². The van der Waals surface area contributed by atoms with E-state index in [2.05, 4.69) is 82.1 Å². The molecule has 3 aromatic heterocycles. The van der Waals surface area contributed by atoms with Crippen LogP contribution in [0.15, 0.2) is 67.0 Å². The molecule has 334 valence electrons. The van der Waals surface area contributed by atoms with Gasteiger partial charge in [-0.2, -0.15) is 16.9 Å². The predicted molar refractivity (Wildman–Crippen MR) is 252 cm³/mol. The third-order valence-electron chi connectivity index (χ3n) is 11.5. The van der Waals surface area contributed by atoms with E-state index in [1.54, 1.807) is 4.52 Å². The average Bonchev–Trinajstić information content (AvgIpc) is 3.67. The molecule has 2 atom stereocenters. The maximum Gasteiger partial charge on any atom is 0.230 e. The SMILES string of the molecule is CC.CC(=O)c1cc(F)cnc1Oc1cccc(-c2ccc(CN3CC(C)NC(C)C3)cc2CN2CCSCC2)c1.CC1CCC(C)CC1.Cc1cc(C)n2ncc(C=O)c2n1. The lowest BCUT2D eigenvalue weighted by molar-refractivity contribution is 0.101. The van der Waals surface area contributed by atoms with Gasteiger partial charge in [0.15, 0.2) is 17.7 Å². The number of piperazine rings is 1. The first-order valence-electron chi connectivity index (χ1n) is 22.5. The van der Waals surface area contributed by atoms with Crippen LogP contribution in [0.4, 0.5) is 4.39 Å². The van der Waals surface area contributed by atoms with Gasteiger partial charge in [-0.25, -0.2) is 18.9 Å². The van der Waals surface area contributed by atoms with Crippen molar-refractivity contribution >= 4 is 29.5 Å². The molecule has 0 bridgehead atoms. The van der Waals surface area contributed by atoms with Crippen molar-refractivity contribution in [3.8, 4) is 22.8 Å². The summed E-state index contributed by atoms with van der Waals surface area (Å²) in [5, 5.41) is 7.68. The molecule has 2 saturated heterocycles. The summed E-state index contributed by atoms with van der Waals surface area (Å²) in [6, 6.07) is 18.7. The van der Waals surface area contributed by atoms with E-state index in [-0.39, 0.29) is 17.2 Å². The fourth-order valence-electron chi connectivity index (χ4n) is 8.38. The maximum atomic E-state index is 13.7. The smallest absolute Gasteiger partial charge is 0.230 e. The molecule has 3 aliphatic rings. The van der Waals surface area contributed by atoms with Crippen molar-refractivity contribution < 1.29 is 18.7 Å². The number of carbonyl (C=O) groups is 2. The summed E-state index contributed by atoms with van der Waals surface area (Å²) in [5.74, 6) is 4.18. The van der Waals surface area contributed by atoms with E-state index in [1.807, 2.05) is 63.7 Å². The number of aryl methyl sites for hydroxylation is 2. The van der Waals surface area contributed by atoms with Gasteiger partial charge in [0.1, 0.15) is 11.6 Å². The first-order chi connectivity index (χ1) is 29.8. The lowest BCUT2D eigenvalue weighted by Gasteiger charge is -2.36. The van der Waals surface area contributed by atoms with E-state index in [4.69, 9.17) is 4.74 Å². The number of ketones is 1. The molecule has 1 aliphatic carbocycles. The third-order valence-corrected chi connectivity index (χ3v) is 12.4. The Morgan fingerprint density at radius 2 is 1.56 bits per heavy atom. The number of aldehydes is 1. The van der Waals surface area contributed by atoms with E-state index >= 15 is 0 Å². The van der Waals surface area contributed by atoms with Crippen molar-refractivity contribution in [2.24, 2.45) is 11.8 Å². The van der Waals surface area contributed by atoms with Crippen LogP contribution in [0, 0.1) is 31.5 Å². The van der Waals surface area contributed by atoms with E-state index < -0.39 is 5.82 Å². The van der Waals surface area contributed by atoms with Crippen molar-refractivity contribution in [3.63, 3.8) is 0 Å². The molecule has 1 N–H and O–H groups in total. The largest absolute Gasteiger partial charge is 0.438 e. The first kappa shape index (κ1) is 48.5. The number of pyridine rings is 1. The standard InChI is InChI=1S/C31H37FN4O2S.C9H9N3O.C8H16.C2H6/c1-21-17-36(18-22(2)34-21)19-24-7-8-29(26(13-24)20-35-9-11-39-12-10-35)25-5-4-6-28(14-25)38-31-30(23(3)37)15-27(32)16-33-31;1-6-3-7(2)12-9(11-6)8(5-13)4-10-12;1-7-3-5-8(2)6-4-7;1-2/h4-8,13-16,21-22,34H,9-12,17-20H2,1-3H3;3-5H,1-2H3;7-8H,3-6H2,1-2H3;1-2H3. The number of Topliss-reactive ketones (excluding diaryl/α,β-unsaturated/α-hetero) is 1. The zero-order valence-electron chi connectivity index (χ0n) is 38.4. The minimum atomic E-state index is -0.563. The number of benzene rings is 2. The molecule has 10 nitrogen and oxygen atoms in total. The van der Waals surface area contributed by atoms with Crippen molar-refractivity contribution in [3.05, 3.63) is 106 Å². The third kappa shape index (κ3) is 14.0. The fourth-order valence-corrected chi connectivity index (χ4v) is 9.36. The molecule has 2 aliphatic heterocycles. The number of carbonyl (C=O) groups excluding carboxylic acids is 2. The number of nitrogens with zero attached hydrogens (tertiary/aromatic N) is 6. The molecule has 0 spiro atoms. The van der Waals surface area contributed by atoms with Crippen molar-refractivity contribution in [1.82, 2.24) is 34.7 Å². The number of nitrogens with one attached hydrogen (secondary N) is 1. The molecule has 2 unspecified atom stereocenters. The highest BCUT2D eigenvalue weighted by atomic mass is 32.2. The summed E-state index contributed by atoms with van der Waals surface area (Å²) in [7, 11) is 0. The molecule has 3 fully saturated rings. The monoisotopic (exact) mass is 866 g/mol. The quantitative estimate of drug-likeness (QED) is 0.114. The molecule has 5 heterocycles. The fraction of sp³-hybridized carbons (Fsp3) is 0.500. The lowest BCUT2D eigenvalue weighted by Crippen LogP contribution is -2.53. The molecule has 12 heteroatoms. The molecule has 0 amide bonds. The van der Waals surface area contributed by atoms with E-state index in [0.717, 1.165) is 92.0 Å². The number of ether oxygens (including phenoxy) is 1. The van der Waals surface area contributed by atoms with Crippen LogP contribution in [0.25, 0.3) is 16.8 Å². The highest BCUT2D eigenvalue weighted by molar-refractivity contribution is 7.99. The summed E-state index contributed by atoms with van der Waals surface area (Å²) < 4.78 is 21.4. The first-order valence-corrected chi connectivity index (χ1v) is 23.6. The Morgan fingerprint density at radius 3 is 2.21 bits per heavy atom. The Morgan fingerprint density at radius 1 is 0.887 bits per heavy atom. The van der Waals surface area contributed by atoms with E-state index in [1.165, 1.54) is 61.6 Å². The van der Waals surface area contributed by atoms with Crippen molar-refractivity contribution in [2.45, 2.75) is 113 Å². The van der Waals surface area contributed by atoms with Crippen LogP contribution >= 0.6 is 11.8 Å². The van der Waals surface area contributed by atoms with Crippen LogP contribution in [0.1, 0.15) is 117 Å². The second kappa shape index (κ2) is 23.8. The molecule has 0 radical (unpaired) electrons. The summed E-state index contributed by atoms with van der Waals surface area (Å²) in [4.78, 5) is 36.0. The highest BCUT2D eigenvalue weighted by Gasteiger charge is 2.22. The number of aromatic nitrogens is 4. The number of halogens is 1. The number of rotatable bonds is 9. The Balaban J connectivity index is 0.000000255. The number of hydrogen-bond donors (Lipinski definition) is 1. The van der Waals surface area contributed by atoms with Gasteiger partial charge >= 0.3 is 0 Å². The van der Waals surface area contributed by atoms with Gasteiger partial charge in [-0.3, -0.25) is 19.4 Å². The van der Waals surface area contributed by atoms with Crippen LogP contribution in [-0.2, 0) is 13.1 Å². The molecule has 1 saturated carbocycles. The van der Waals surface area contributed by atoms with Gasteiger partial charge in [0.05, 0.1) is 23.5 Å². The molecule has 5 aromatic rings. The molecular weight excluding hydrogens is 798 g/mol. The van der Waals surface area contributed by atoms with Gasteiger partial charge in [0, 0.05) is 74.2 Å². The average molecular weight is 866 g/mol. The van der Waals surface area contributed by atoms with Gasteiger partial charge in [0.2, 0.25) is 5.88 Å². The Labute approximate surface area is 373 Å². The number of thioether (sulfide) groups is 1. The molecular formula is C50H68FN7O3S. The second-order valence-corrected chi connectivity index (χ2v) is 18.3. The molecule has 2 aromatic carbocycles. The lowest BCUT2D eigenvalue weighted by atomic mass is 9.84. The summed E-state index contributed by atoms with van der Waals surface area (Å²) in [6.45, 7) is 24.6. The van der Waals surface area contributed by atoms with Crippen molar-refractivity contribution in [2.75, 3.05) is 37.7 Å². The van der Waals surface area contributed by atoms with Crippen LogP contribution in [0.2, 0.25) is 0 Å². The molecule has 62 heavy (non-hydrogen) atoms. The van der Waals surface area contributed by atoms with Gasteiger partial charge in [-0.05, 0) is 93.0 Å². The topological polar surface area (TPSA) is 105 Å². The predicted octanol–water partition coefficient (Wildman–Crippen LogP) is 10.6.